The summed E-state index contributed by atoms with van der Waals surface area (Å²) >= 11 is 7.53. The maximum Gasteiger partial charge on any atom is 0.312 e. The Morgan fingerprint density at radius 2 is 2.26 bits per heavy atom. The third-order valence-corrected chi connectivity index (χ3v) is 4.61. The summed E-state index contributed by atoms with van der Waals surface area (Å²) in [5.74, 6) is 0. The van der Waals surface area contributed by atoms with Crippen molar-refractivity contribution >= 4 is 28.6 Å². The molecule has 2 aromatic heterocycles. The molecular formula is C15H17ClN3O3S. The van der Waals surface area contributed by atoms with Gasteiger partial charge in [-0.25, -0.2) is 9.97 Å². The van der Waals surface area contributed by atoms with Crippen molar-refractivity contribution in [3.8, 4) is 0 Å². The molecule has 0 fully saturated rings. The van der Waals surface area contributed by atoms with E-state index in [4.69, 9.17) is 16.3 Å². The summed E-state index contributed by atoms with van der Waals surface area (Å²) < 4.78 is 5.68. The first-order chi connectivity index (χ1) is 10.9. The molecule has 0 spiro atoms. The molecule has 0 aliphatic heterocycles. The highest BCUT2D eigenvalue weighted by molar-refractivity contribution is 7.09. The fourth-order valence-corrected chi connectivity index (χ4v) is 3.20. The molecule has 2 heterocycles. The lowest BCUT2D eigenvalue weighted by atomic mass is 10.0. The van der Waals surface area contributed by atoms with Crippen molar-refractivity contribution in [3.63, 3.8) is 0 Å². The number of pyridine rings is 1. The van der Waals surface area contributed by atoms with Crippen LogP contribution in [0.15, 0.2) is 11.6 Å². The smallest absolute Gasteiger partial charge is 0.312 e. The third kappa shape index (κ3) is 4.25. The van der Waals surface area contributed by atoms with Gasteiger partial charge < -0.3 is 4.74 Å². The molecule has 0 aliphatic rings. The Balaban J connectivity index is 2.08. The van der Waals surface area contributed by atoms with Gasteiger partial charge in [-0.1, -0.05) is 11.6 Å². The van der Waals surface area contributed by atoms with Crippen LogP contribution < -0.4 is 0 Å². The van der Waals surface area contributed by atoms with Gasteiger partial charge in [-0.05, 0) is 32.8 Å². The molecule has 123 valence electrons. The van der Waals surface area contributed by atoms with E-state index in [1.54, 1.807) is 31.4 Å². The minimum Gasteiger partial charge on any atom is -0.373 e. The first-order valence-electron chi connectivity index (χ1n) is 7.05. The second-order valence-electron chi connectivity index (χ2n) is 5.02. The zero-order valence-electron chi connectivity index (χ0n) is 12.9. The van der Waals surface area contributed by atoms with Crippen molar-refractivity contribution in [3.05, 3.63) is 55.6 Å². The van der Waals surface area contributed by atoms with Gasteiger partial charge in [0.2, 0.25) is 5.15 Å². The molecule has 6 nitrogen and oxygen atoms in total. The number of thiazole rings is 1. The fourth-order valence-electron chi connectivity index (χ4n) is 2.24. The van der Waals surface area contributed by atoms with E-state index in [9.17, 15) is 10.1 Å². The number of ether oxygens (including phenoxy) is 1. The van der Waals surface area contributed by atoms with Crippen LogP contribution in [0, 0.1) is 30.9 Å². The minimum atomic E-state index is -0.675. The second-order valence-corrected chi connectivity index (χ2v) is 6.36. The first kappa shape index (κ1) is 17.8. The van der Waals surface area contributed by atoms with Crippen LogP contribution in [-0.2, 0) is 11.2 Å². The van der Waals surface area contributed by atoms with Crippen LogP contribution >= 0.6 is 22.9 Å². The number of aromatic nitrogens is 2. The summed E-state index contributed by atoms with van der Waals surface area (Å²) in [6, 6.07) is 0. The lowest BCUT2D eigenvalue weighted by molar-refractivity contribution is -0.386. The Kier molecular flexibility index (Phi) is 6.04. The number of halogens is 1. The summed E-state index contributed by atoms with van der Waals surface area (Å²) in [5, 5.41) is 14.1. The molecular weight excluding hydrogens is 338 g/mol. The van der Waals surface area contributed by atoms with Crippen molar-refractivity contribution in [2.24, 2.45) is 0 Å². The number of rotatable bonds is 7. The third-order valence-electron chi connectivity index (χ3n) is 3.51. The summed E-state index contributed by atoms with van der Waals surface area (Å²) in [5.41, 5.74) is 1.48. The van der Waals surface area contributed by atoms with E-state index >= 15 is 0 Å². The Hall–Kier alpha value is -1.57. The van der Waals surface area contributed by atoms with E-state index in [2.05, 4.69) is 16.9 Å². The quantitative estimate of drug-likeness (QED) is 0.321. The summed E-state index contributed by atoms with van der Waals surface area (Å²) in [6.07, 6.45) is 2.66. The monoisotopic (exact) mass is 354 g/mol. The molecule has 2 aromatic rings. The topological polar surface area (TPSA) is 78.2 Å². The second kappa shape index (κ2) is 7.81. The summed E-state index contributed by atoms with van der Waals surface area (Å²) in [4.78, 5) is 19.0. The highest BCUT2D eigenvalue weighted by Crippen LogP contribution is 2.36. The molecule has 1 radical (unpaired) electrons. The zero-order chi connectivity index (χ0) is 17.0. The molecule has 0 bridgehead atoms. The Morgan fingerprint density at radius 1 is 1.52 bits per heavy atom. The van der Waals surface area contributed by atoms with Crippen LogP contribution in [0.2, 0.25) is 5.15 Å². The largest absolute Gasteiger partial charge is 0.373 e. The van der Waals surface area contributed by atoms with Crippen molar-refractivity contribution in [1.29, 1.82) is 0 Å². The van der Waals surface area contributed by atoms with Gasteiger partial charge in [0.1, 0.15) is 0 Å². The van der Waals surface area contributed by atoms with Gasteiger partial charge in [-0.15, -0.1) is 11.3 Å². The normalized spacial score (nSPS) is 12.3. The maximum absolute atomic E-state index is 11.3. The molecule has 2 rings (SSSR count). The minimum absolute atomic E-state index is 0.131. The van der Waals surface area contributed by atoms with Crippen molar-refractivity contribution in [2.75, 3.05) is 6.61 Å². The molecule has 0 N–H and O–H groups in total. The predicted molar refractivity (Wildman–Crippen MR) is 89.9 cm³/mol. The molecule has 0 saturated carbocycles. The van der Waals surface area contributed by atoms with Gasteiger partial charge in [0.15, 0.2) is 0 Å². The van der Waals surface area contributed by atoms with E-state index < -0.39 is 11.0 Å². The number of hydrogen-bond donors (Lipinski definition) is 0. The first-order valence-corrected chi connectivity index (χ1v) is 8.31. The molecule has 1 unspecified atom stereocenters. The van der Waals surface area contributed by atoms with Crippen LogP contribution in [0.25, 0.3) is 0 Å². The summed E-state index contributed by atoms with van der Waals surface area (Å²) in [7, 11) is 0. The van der Waals surface area contributed by atoms with Crippen LogP contribution in [0.5, 0.6) is 0 Å². The highest BCUT2D eigenvalue weighted by atomic mass is 35.5. The van der Waals surface area contributed by atoms with Gasteiger partial charge in [-0.3, -0.25) is 10.1 Å². The van der Waals surface area contributed by atoms with Crippen LogP contribution in [-0.4, -0.2) is 21.5 Å². The van der Waals surface area contributed by atoms with Crippen molar-refractivity contribution < 1.29 is 9.66 Å². The van der Waals surface area contributed by atoms with Gasteiger partial charge in [0, 0.05) is 30.3 Å². The fraction of sp³-hybridized carbons (Fsp3) is 0.400. The number of hydrogen-bond acceptors (Lipinski definition) is 6. The Morgan fingerprint density at radius 3 is 2.87 bits per heavy atom. The van der Waals surface area contributed by atoms with Crippen molar-refractivity contribution in [2.45, 2.75) is 32.8 Å². The van der Waals surface area contributed by atoms with Crippen LogP contribution in [0.3, 0.4) is 0 Å². The zero-order valence-corrected chi connectivity index (χ0v) is 14.5. The molecule has 0 aromatic carbocycles. The number of nitro groups is 1. The van der Waals surface area contributed by atoms with E-state index in [0.29, 0.717) is 23.4 Å². The van der Waals surface area contributed by atoms with E-state index in [1.807, 2.05) is 5.38 Å². The standard InChI is InChI=1S/C15H17ClN3O3S/c1-9-10(2)18-15(16)14(19(20)21)13(9)11(3)22-7-4-5-12-17-6-8-23-12/h6,8,11H,3-5,7H2,1-2H3. The van der Waals surface area contributed by atoms with E-state index in [0.717, 1.165) is 17.8 Å². The Bertz CT molecular complexity index is 692. The van der Waals surface area contributed by atoms with E-state index in [1.165, 1.54) is 0 Å². The van der Waals surface area contributed by atoms with Gasteiger partial charge >= 0.3 is 5.69 Å². The predicted octanol–water partition coefficient (Wildman–Crippen LogP) is 4.24. The maximum atomic E-state index is 11.3. The average Bonchev–Trinajstić information content (AvgIpc) is 2.99. The van der Waals surface area contributed by atoms with E-state index in [-0.39, 0.29) is 10.8 Å². The van der Waals surface area contributed by atoms with Crippen LogP contribution in [0.1, 0.15) is 34.4 Å². The molecule has 23 heavy (non-hydrogen) atoms. The molecule has 8 heteroatoms. The molecule has 0 saturated heterocycles. The lowest BCUT2D eigenvalue weighted by Gasteiger charge is -2.17. The van der Waals surface area contributed by atoms with Crippen LogP contribution in [0.4, 0.5) is 5.69 Å². The number of nitrogens with zero attached hydrogens (tertiary/aromatic N) is 3. The highest BCUT2D eigenvalue weighted by Gasteiger charge is 2.28. The lowest BCUT2D eigenvalue weighted by Crippen LogP contribution is -2.10. The Labute approximate surface area is 143 Å². The summed E-state index contributed by atoms with van der Waals surface area (Å²) in [6.45, 7) is 7.85. The molecule has 0 amide bonds. The molecule has 0 aliphatic carbocycles. The van der Waals surface area contributed by atoms with Gasteiger partial charge in [0.05, 0.1) is 21.6 Å². The van der Waals surface area contributed by atoms with Gasteiger partial charge in [-0.2, -0.15) is 0 Å². The molecule has 1 atom stereocenters. The number of aryl methyl sites for hydroxylation is 2. The van der Waals surface area contributed by atoms with Crippen molar-refractivity contribution in [1.82, 2.24) is 9.97 Å². The average molecular weight is 355 g/mol. The van der Waals surface area contributed by atoms with Gasteiger partial charge in [0.25, 0.3) is 0 Å². The SMILES string of the molecule is [CH2]C(OCCCc1nccs1)c1c(C)c(C)nc(Cl)c1[N+](=O)[O-].